The Morgan fingerprint density at radius 2 is 1.73 bits per heavy atom. The Labute approximate surface area is 175 Å². The van der Waals surface area contributed by atoms with Gasteiger partial charge in [0.15, 0.2) is 0 Å². The summed E-state index contributed by atoms with van der Waals surface area (Å²) in [6.07, 6.45) is 0. The SMILES string of the molecule is Cc1cccc(-c2ccc(C(=O)N3CCN(c4cc(C)nc(C)n4)CC3)c(=O)[nH]2)c1. The average Bonchev–Trinajstić information content (AvgIpc) is 2.72. The first-order chi connectivity index (χ1) is 14.4. The normalized spacial score (nSPS) is 14.1. The number of hydrogen-bond acceptors (Lipinski definition) is 5. The van der Waals surface area contributed by atoms with E-state index in [2.05, 4.69) is 19.9 Å². The molecule has 1 N–H and O–H groups in total. The van der Waals surface area contributed by atoms with Crippen LogP contribution in [0.2, 0.25) is 0 Å². The van der Waals surface area contributed by atoms with Gasteiger partial charge in [0.1, 0.15) is 17.2 Å². The molecular weight excluding hydrogens is 378 g/mol. The summed E-state index contributed by atoms with van der Waals surface area (Å²) >= 11 is 0. The van der Waals surface area contributed by atoms with Gasteiger partial charge in [-0.3, -0.25) is 9.59 Å². The highest BCUT2D eigenvalue weighted by Crippen LogP contribution is 2.18. The zero-order valence-electron chi connectivity index (χ0n) is 17.5. The second-order valence-electron chi connectivity index (χ2n) is 7.68. The number of nitrogens with zero attached hydrogens (tertiary/aromatic N) is 4. The zero-order chi connectivity index (χ0) is 21.3. The van der Waals surface area contributed by atoms with Crippen molar-refractivity contribution in [2.75, 3.05) is 31.1 Å². The van der Waals surface area contributed by atoms with Crippen molar-refractivity contribution in [1.29, 1.82) is 0 Å². The number of nitrogens with one attached hydrogen (secondary N) is 1. The van der Waals surface area contributed by atoms with Crippen LogP contribution >= 0.6 is 0 Å². The lowest BCUT2D eigenvalue weighted by Crippen LogP contribution is -2.50. The Bertz CT molecular complexity index is 1130. The predicted octanol–water partition coefficient (Wildman–Crippen LogP) is 2.72. The molecule has 7 nitrogen and oxygen atoms in total. The Balaban J connectivity index is 1.47. The molecular formula is C23H25N5O2. The molecule has 2 aromatic heterocycles. The van der Waals surface area contributed by atoms with Gasteiger partial charge in [-0.15, -0.1) is 0 Å². The minimum Gasteiger partial charge on any atom is -0.353 e. The Morgan fingerprint density at radius 3 is 2.40 bits per heavy atom. The molecule has 1 aliphatic heterocycles. The van der Waals surface area contributed by atoms with E-state index < -0.39 is 0 Å². The second-order valence-corrected chi connectivity index (χ2v) is 7.68. The number of aromatic nitrogens is 3. The van der Waals surface area contributed by atoms with Crippen molar-refractivity contribution < 1.29 is 4.79 Å². The van der Waals surface area contributed by atoms with Crippen molar-refractivity contribution in [3.8, 4) is 11.3 Å². The Morgan fingerprint density at radius 1 is 0.967 bits per heavy atom. The summed E-state index contributed by atoms with van der Waals surface area (Å²) in [5.74, 6) is 1.39. The maximum atomic E-state index is 12.9. The van der Waals surface area contributed by atoms with E-state index in [9.17, 15) is 9.59 Å². The van der Waals surface area contributed by atoms with E-state index >= 15 is 0 Å². The molecule has 1 saturated heterocycles. The lowest BCUT2D eigenvalue weighted by atomic mass is 10.1. The Kier molecular flexibility index (Phi) is 5.35. The van der Waals surface area contributed by atoms with Crippen LogP contribution in [0, 0.1) is 20.8 Å². The van der Waals surface area contributed by atoms with Crippen LogP contribution in [0.25, 0.3) is 11.3 Å². The van der Waals surface area contributed by atoms with Crippen LogP contribution < -0.4 is 10.5 Å². The van der Waals surface area contributed by atoms with Gasteiger partial charge in [-0.1, -0.05) is 23.8 Å². The van der Waals surface area contributed by atoms with Crippen molar-refractivity contribution in [3.05, 3.63) is 75.5 Å². The van der Waals surface area contributed by atoms with Crippen LogP contribution in [0.4, 0.5) is 5.82 Å². The van der Waals surface area contributed by atoms with Crippen LogP contribution in [0.15, 0.2) is 47.3 Å². The van der Waals surface area contributed by atoms with E-state index in [0.717, 1.165) is 28.5 Å². The van der Waals surface area contributed by atoms with E-state index in [4.69, 9.17) is 0 Å². The molecule has 4 rings (SSSR count). The maximum Gasteiger partial charge on any atom is 0.261 e. The first-order valence-corrected chi connectivity index (χ1v) is 10.1. The van der Waals surface area contributed by atoms with E-state index in [-0.39, 0.29) is 17.0 Å². The molecule has 0 spiro atoms. The summed E-state index contributed by atoms with van der Waals surface area (Å²) < 4.78 is 0. The van der Waals surface area contributed by atoms with E-state index in [1.54, 1.807) is 17.0 Å². The fourth-order valence-corrected chi connectivity index (χ4v) is 3.79. The number of anilines is 1. The number of amides is 1. The fraction of sp³-hybridized carbons (Fsp3) is 0.304. The van der Waals surface area contributed by atoms with E-state index in [1.165, 1.54) is 0 Å². The highest BCUT2D eigenvalue weighted by atomic mass is 16.2. The summed E-state index contributed by atoms with van der Waals surface area (Å²) in [6.45, 7) is 8.25. The number of aromatic amines is 1. The lowest BCUT2D eigenvalue weighted by Gasteiger charge is -2.35. The largest absolute Gasteiger partial charge is 0.353 e. The molecule has 3 aromatic rings. The molecule has 30 heavy (non-hydrogen) atoms. The molecule has 7 heteroatoms. The van der Waals surface area contributed by atoms with Crippen LogP contribution in [-0.2, 0) is 0 Å². The molecule has 0 atom stereocenters. The van der Waals surface area contributed by atoms with E-state index in [1.807, 2.05) is 51.1 Å². The number of aryl methyl sites for hydroxylation is 3. The molecule has 1 aliphatic rings. The molecule has 0 saturated carbocycles. The van der Waals surface area contributed by atoms with Gasteiger partial charge in [-0.25, -0.2) is 9.97 Å². The second kappa shape index (κ2) is 8.10. The van der Waals surface area contributed by atoms with Crippen LogP contribution in [-0.4, -0.2) is 51.9 Å². The first-order valence-electron chi connectivity index (χ1n) is 10.1. The number of rotatable bonds is 3. The minimum absolute atomic E-state index is 0.175. The molecule has 1 amide bonds. The summed E-state index contributed by atoms with van der Waals surface area (Å²) in [5, 5.41) is 0. The number of hydrogen-bond donors (Lipinski definition) is 1. The molecule has 1 fully saturated rings. The third kappa shape index (κ3) is 4.10. The number of H-pyrrole nitrogens is 1. The number of pyridine rings is 1. The number of benzene rings is 1. The van der Waals surface area contributed by atoms with Crippen molar-refractivity contribution in [2.24, 2.45) is 0 Å². The van der Waals surface area contributed by atoms with Crippen LogP contribution in [0.5, 0.6) is 0 Å². The third-order valence-electron chi connectivity index (χ3n) is 5.31. The Hall–Kier alpha value is -3.48. The van der Waals surface area contributed by atoms with Gasteiger partial charge >= 0.3 is 0 Å². The van der Waals surface area contributed by atoms with Gasteiger partial charge < -0.3 is 14.8 Å². The smallest absolute Gasteiger partial charge is 0.261 e. The van der Waals surface area contributed by atoms with Crippen LogP contribution in [0.3, 0.4) is 0 Å². The average molecular weight is 403 g/mol. The topological polar surface area (TPSA) is 82.2 Å². The lowest BCUT2D eigenvalue weighted by molar-refractivity contribution is 0.0744. The van der Waals surface area contributed by atoms with Gasteiger partial charge in [0.05, 0.1) is 0 Å². The van der Waals surface area contributed by atoms with Gasteiger partial charge in [0, 0.05) is 43.6 Å². The van der Waals surface area contributed by atoms with Gasteiger partial charge in [-0.2, -0.15) is 0 Å². The monoisotopic (exact) mass is 403 g/mol. The minimum atomic E-state index is -0.358. The van der Waals surface area contributed by atoms with Crippen molar-refractivity contribution in [2.45, 2.75) is 20.8 Å². The van der Waals surface area contributed by atoms with Crippen molar-refractivity contribution in [1.82, 2.24) is 19.9 Å². The molecule has 0 radical (unpaired) electrons. The molecule has 0 bridgehead atoms. The molecule has 3 heterocycles. The molecule has 0 unspecified atom stereocenters. The fourth-order valence-electron chi connectivity index (χ4n) is 3.79. The summed E-state index contributed by atoms with van der Waals surface area (Å²) in [6, 6.07) is 13.3. The standard InChI is InChI=1S/C23H25N5O2/c1-15-5-4-6-18(13-15)20-8-7-19(22(29)26-20)23(30)28-11-9-27(10-12-28)21-14-16(2)24-17(3)25-21/h4-8,13-14H,9-12H2,1-3H3,(H,26,29). The number of carbonyl (C=O) groups excluding carboxylic acids is 1. The third-order valence-corrected chi connectivity index (χ3v) is 5.31. The maximum absolute atomic E-state index is 12.9. The predicted molar refractivity (Wildman–Crippen MR) is 117 cm³/mol. The molecule has 0 aliphatic carbocycles. The van der Waals surface area contributed by atoms with Gasteiger partial charge in [-0.05, 0) is 44.5 Å². The zero-order valence-corrected chi connectivity index (χ0v) is 17.5. The highest BCUT2D eigenvalue weighted by Gasteiger charge is 2.25. The summed E-state index contributed by atoms with van der Waals surface area (Å²) in [4.78, 5) is 41.1. The molecule has 154 valence electrons. The van der Waals surface area contributed by atoms with Crippen molar-refractivity contribution >= 4 is 11.7 Å². The quantitative estimate of drug-likeness (QED) is 0.727. The van der Waals surface area contributed by atoms with Gasteiger partial charge in [0.2, 0.25) is 0 Å². The van der Waals surface area contributed by atoms with Crippen molar-refractivity contribution in [3.63, 3.8) is 0 Å². The first kappa shape index (κ1) is 19.8. The highest BCUT2D eigenvalue weighted by molar-refractivity contribution is 5.94. The van der Waals surface area contributed by atoms with Crippen LogP contribution in [0.1, 0.15) is 27.4 Å². The van der Waals surface area contributed by atoms with Gasteiger partial charge in [0.25, 0.3) is 11.5 Å². The summed E-state index contributed by atoms with van der Waals surface area (Å²) in [7, 11) is 0. The number of carbonyl (C=O) groups is 1. The molecule has 1 aromatic carbocycles. The number of piperazine rings is 1. The summed E-state index contributed by atoms with van der Waals surface area (Å²) in [5.41, 5.74) is 3.49. The van der Waals surface area contributed by atoms with E-state index in [0.29, 0.717) is 31.9 Å².